The molecule has 0 spiro atoms. The van der Waals surface area contributed by atoms with Crippen molar-refractivity contribution in [3.8, 4) is 17.2 Å². The molecule has 0 heterocycles. The standard InChI is InChI=1S/C25H31N2O6PS2/c1-4-10-19-11-8-14-21(17-19)32-34(35,33-23-16-7-6-15-22(23)30-5-2)36-18-24(27-29-3)31-25(28)26-20-12-9-13-20/h4,6-8,11,14-17,20H,1,5,9-10,12-13,18H2,2-3H3,(H,26,28). The minimum Gasteiger partial charge on any atom is -0.490 e. The van der Waals surface area contributed by atoms with E-state index in [1.807, 2.05) is 49.4 Å². The van der Waals surface area contributed by atoms with E-state index in [2.05, 4.69) is 17.1 Å². The van der Waals surface area contributed by atoms with Gasteiger partial charge in [0, 0.05) is 6.04 Å². The molecule has 2 aromatic carbocycles. The van der Waals surface area contributed by atoms with Crippen LogP contribution in [0.15, 0.2) is 66.3 Å². The normalized spacial score (nSPS) is 15.1. The first kappa shape index (κ1) is 27.9. The minimum atomic E-state index is -3.10. The summed E-state index contributed by atoms with van der Waals surface area (Å²) in [7, 11) is 1.38. The van der Waals surface area contributed by atoms with Crippen molar-refractivity contribution >= 4 is 40.9 Å². The molecule has 11 heteroatoms. The van der Waals surface area contributed by atoms with Gasteiger partial charge in [-0.15, -0.1) is 6.58 Å². The zero-order valence-electron chi connectivity index (χ0n) is 20.4. The Labute approximate surface area is 221 Å². The number of ether oxygens (including phenoxy) is 2. The molecular weight excluding hydrogens is 519 g/mol. The average molecular weight is 551 g/mol. The van der Waals surface area contributed by atoms with Gasteiger partial charge in [0.05, 0.1) is 12.4 Å². The lowest BCUT2D eigenvalue weighted by Gasteiger charge is -2.26. The molecule has 1 unspecified atom stereocenters. The number of alkyl carbamates (subject to hydrolysis) is 1. The zero-order chi connectivity index (χ0) is 25.8. The highest BCUT2D eigenvalue weighted by molar-refractivity contribution is 8.68. The summed E-state index contributed by atoms with van der Waals surface area (Å²) in [6.07, 6.45) is 4.90. The van der Waals surface area contributed by atoms with Crippen molar-refractivity contribution in [3.05, 3.63) is 66.7 Å². The summed E-state index contributed by atoms with van der Waals surface area (Å²) in [4.78, 5) is 17.2. The summed E-state index contributed by atoms with van der Waals surface area (Å²) in [5, 5.41) is 6.67. The van der Waals surface area contributed by atoms with Crippen LogP contribution in [0.25, 0.3) is 0 Å². The number of nitrogens with zero attached hydrogens (tertiary/aromatic N) is 1. The second-order valence-electron chi connectivity index (χ2n) is 7.75. The molecule has 0 radical (unpaired) electrons. The average Bonchev–Trinajstić information content (AvgIpc) is 2.82. The van der Waals surface area contributed by atoms with Crippen molar-refractivity contribution in [2.75, 3.05) is 19.5 Å². The van der Waals surface area contributed by atoms with Gasteiger partial charge >= 0.3 is 11.8 Å². The molecular formula is C25H31N2O6PS2. The van der Waals surface area contributed by atoms with Crippen molar-refractivity contribution in [1.82, 2.24) is 5.32 Å². The van der Waals surface area contributed by atoms with Gasteiger partial charge in [-0.05, 0) is 85.6 Å². The molecule has 8 nitrogen and oxygen atoms in total. The van der Waals surface area contributed by atoms with E-state index in [1.54, 1.807) is 12.1 Å². The Balaban J connectivity index is 1.80. The van der Waals surface area contributed by atoms with Gasteiger partial charge in [-0.3, -0.25) is 0 Å². The largest absolute Gasteiger partial charge is 0.490 e. The number of benzene rings is 2. The number of carbonyl (C=O) groups excluding carboxylic acids is 1. The van der Waals surface area contributed by atoms with Crippen LogP contribution in [0, 0.1) is 0 Å². The van der Waals surface area contributed by atoms with E-state index in [0.29, 0.717) is 30.3 Å². The van der Waals surface area contributed by atoms with Crippen LogP contribution < -0.4 is 19.1 Å². The van der Waals surface area contributed by atoms with Crippen LogP contribution in [-0.4, -0.2) is 37.5 Å². The first-order valence-electron chi connectivity index (χ1n) is 11.6. The summed E-state index contributed by atoms with van der Waals surface area (Å²) in [6, 6.07) is 15.0. The summed E-state index contributed by atoms with van der Waals surface area (Å²) in [5.41, 5.74) is -2.07. The van der Waals surface area contributed by atoms with Gasteiger partial charge in [-0.2, -0.15) is 0 Å². The van der Waals surface area contributed by atoms with E-state index in [9.17, 15) is 4.79 Å². The summed E-state index contributed by atoms with van der Waals surface area (Å²) >= 11 is 7.11. The number of hydrogen-bond donors (Lipinski definition) is 1. The molecule has 1 atom stereocenters. The second kappa shape index (κ2) is 14.2. The minimum absolute atomic E-state index is 0.0549. The van der Waals surface area contributed by atoms with Gasteiger partial charge < -0.3 is 28.7 Å². The van der Waals surface area contributed by atoms with Crippen LogP contribution in [-0.2, 0) is 27.8 Å². The summed E-state index contributed by atoms with van der Waals surface area (Å²) in [6.45, 7) is 6.15. The lowest BCUT2D eigenvalue weighted by molar-refractivity contribution is 0.171. The summed E-state index contributed by atoms with van der Waals surface area (Å²) < 4.78 is 23.6. The number of hydrogen-bond acceptors (Lipinski definition) is 9. The fourth-order valence-electron chi connectivity index (χ4n) is 3.18. The Morgan fingerprint density at radius 3 is 2.67 bits per heavy atom. The van der Waals surface area contributed by atoms with Crippen LogP contribution in [0.5, 0.6) is 17.2 Å². The van der Waals surface area contributed by atoms with Crippen molar-refractivity contribution in [2.45, 2.75) is 38.6 Å². The number of oxime groups is 1. The molecule has 1 aliphatic carbocycles. The lowest BCUT2D eigenvalue weighted by atomic mass is 9.93. The maximum atomic E-state index is 12.3. The molecule has 36 heavy (non-hydrogen) atoms. The van der Waals surface area contributed by atoms with Crippen LogP contribution in [0.2, 0.25) is 0 Å². The van der Waals surface area contributed by atoms with Crippen molar-refractivity contribution in [1.29, 1.82) is 0 Å². The van der Waals surface area contributed by atoms with Crippen molar-refractivity contribution in [3.63, 3.8) is 0 Å². The molecule has 2 aromatic rings. The number of rotatable bonds is 13. The van der Waals surface area contributed by atoms with Gasteiger partial charge in [0.2, 0.25) is 5.90 Å². The van der Waals surface area contributed by atoms with E-state index in [0.717, 1.165) is 24.8 Å². The third-order valence-electron chi connectivity index (χ3n) is 5.03. The Morgan fingerprint density at radius 1 is 1.22 bits per heavy atom. The molecule has 0 aliphatic heterocycles. The van der Waals surface area contributed by atoms with E-state index in [-0.39, 0.29) is 17.7 Å². The summed E-state index contributed by atoms with van der Waals surface area (Å²) in [5.74, 6) is 1.73. The third kappa shape index (κ3) is 8.76. The van der Waals surface area contributed by atoms with Crippen LogP contribution in [0.4, 0.5) is 4.79 Å². The van der Waals surface area contributed by atoms with E-state index < -0.39 is 11.8 Å². The Hall–Kier alpha value is -2.68. The predicted octanol–water partition coefficient (Wildman–Crippen LogP) is 6.47. The maximum absolute atomic E-state index is 12.3. The van der Waals surface area contributed by atoms with Crippen molar-refractivity contribution in [2.24, 2.45) is 5.16 Å². The van der Waals surface area contributed by atoms with Crippen LogP contribution in [0.1, 0.15) is 31.7 Å². The Bertz CT molecular complexity index is 1110. The Kier molecular flexibility index (Phi) is 11.0. The SMILES string of the molecule is C=CCc1cccc(OP(=S)(Oc2ccccc2OCC)SCC(=NOC)OC(=O)NC2CCC2)c1. The highest BCUT2D eigenvalue weighted by Crippen LogP contribution is 2.61. The van der Waals surface area contributed by atoms with Gasteiger partial charge in [0.1, 0.15) is 12.9 Å². The first-order valence-corrected chi connectivity index (χ1v) is 15.8. The monoisotopic (exact) mass is 550 g/mol. The molecule has 1 N–H and O–H groups in total. The maximum Gasteiger partial charge on any atom is 0.414 e. The number of amides is 1. The quantitative estimate of drug-likeness (QED) is 0.0999. The van der Waals surface area contributed by atoms with Crippen LogP contribution in [0.3, 0.4) is 0 Å². The molecule has 194 valence electrons. The molecule has 0 saturated heterocycles. The molecule has 0 bridgehead atoms. The zero-order valence-corrected chi connectivity index (χ0v) is 22.9. The topological polar surface area (TPSA) is 87.6 Å². The predicted molar refractivity (Wildman–Crippen MR) is 148 cm³/mol. The highest BCUT2D eigenvalue weighted by Gasteiger charge is 2.28. The molecule has 1 aliphatic rings. The van der Waals surface area contributed by atoms with Crippen LogP contribution >= 0.6 is 17.1 Å². The number of nitrogens with one attached hydrogen (secondary N) is 1. The van der Waals surface area contributed by atoms with E-state index >= 15 is 0 Å². The fourth-order valence-corrected chi connectivity index (χ4v) is 7.06. The molecule has 1 saturated carbocycles. The lowest BCUT2D eigenvalue weighted by Crippen LogP contribution is -2.40. The molecule has 1 amide bonds. The second-order valence-corrected chi connectivity index (χ2v) is 13.9. The van der Waals surface area contributed by atoms with Gasteiger partial charge in [-0.25, -0.2) is 4.79 Å². The van der Waals surface area contributed by atoms with Crippen molar-refractivity contribution < 1.29 is 28.2 Å². The fraction of sp³-hybridized carbons (Fsp3) is 0.360. The molecule has 0 aromatic heterocycles. The van der Waals surface area contributed by atoms with Gasteiger partial charge in [0.15, 0.2) is 11.5 Å². The van der Waals surface area contributed by atoms with Gasteiger partial charge in [-0.1, -0.05) is 35.5 Å². The highest BCUT2D eigenvalue weighted by atomic mass is 32.9. The smallest absolute Gasteiger partial charge is 0.414 e. The van der Waals surface area contributed by atoms with E-state index in [4.69, 9.17) is 35.2 Å². The molecule has 3 rings (SSSR count). The van der Waals surface area contributed by atoms with Gasteiger partial charge in [0.25, 0.3) is 0 Å². The third-order valence-corrected chi connectivity index (χ3v) is 9.76. The molecule has 1 fully saturated rings. The number of allylic oxidation sites excluding steroid dienone is 1. The Morgan fingerprint density at radius 2 is 2.00 bits per heavy atom. The first-order chi connectivity index (χ1) is 17.4. The number of carbonyl (C=O) groups is 1. The van der Waals surface area contributed by atoms with E-state index in [1.165, 1.54) is 18.5 Å². The number of para-hydroxylation sites is 2.